The first-order valence-electron chi connectivity index (χ1n) is 10.2. The molecule has 0 aliphatic heterocycles. The first kappa shape index (κ1) is 21.7. The van der Waals surface area contributed by atoms with E-state index in [1.807, 2.05) is 0 Å². The van der Waals surface area contributed by atoms with Crippen LogP contribution >= 0.6 is 0 Å². The smallest absolute Gasteiger partial charge is 0.326 e. The highest BCUT2D eigenvalue weighted by atomic mass is 16.7. The van der Waals surface area contributed by atoms with Crippen molar-refractivity contribution in [3.8, 4) is 0 Å². The van der Waals surface area contributed by atoms with Crippen molar-refractivity contribution in [3.63, 3.8) is 0 Å². The zero-order chi connectivity index (χ0) is 20.0. The van der Waals surface area contributed by atoms with Crippen LogP contribution < -0.4 is 5.73 Å². The molecule has 0 aromatic rings. The zero-order valence-corrected chi connectivity index (χ0v) is 16.4. The van der Waals surface area contributed by atoms with Gasteiger partial charge >= 0.3 is 17.9 Å². The third kappa shape index (κ3) is 6.19. The summed E-state index contributed by atoms with van der Waals surface area (Å²) < 4.78 is 11.1. The number of carbonyl (C=O) groups excluding carboxylic acids is 2. The lowest BCUT2D eigenvalue weighted by atomic mass is 9.79. The number of ether oxygens (including phenoxy) is 2. The van der Waals surface area contributed by atoms with Crippen molar-refractivity contribution in [3.05, 3.63) is 0 Å². The van der Waals surface area contributed by atoms with Gasteiger partial charge in [0.15, 0.2) is 0 Å². The fourth-order valence-electron chi connectivity index (χ4n) is 3.98. The molecule has 7 heteroatoms. The van der Waals surface area contributed by atoms with E-state index in [-0.39, 0.29) is 29.6 Å². The quantitative estimate of drug-likeness (QED) is 0.513. The van der Waals surface area contributed by atoms with Gasteiger partial charge in [0.2, 0.25) is 6.29 Å². The molecule has 0 amide bonds. The standard InChI is InChI=1S/C20H33NO6/c1-12(2)18(24)26-20(15-6-4-3-5-7-15)27-19(25)16(21)13-8-10-14(11-9-13)17(22)23/h12-16,20H,3-11,21H2,1-2H3,(H,22,23)/t13-,14-,16?,20?. The van der Waals surface area contributed by atoms with Crippen molar-refractivity contribution in [2.45, 2.75) is 84.0 Å². The van der Waals surface area contributed by atoms with E-state index < -0.39 is 24.3 Å². The van der Waals surface area contributed by atoms with Crippen LogP contribution in [0.15, 0.2) is 0 Å². The Hall–Kier alpha value is -1.63. The summed E-state index contributed by atoms with van der Waals surface area (Å²) in [5.41, 5.74) is 6.12. The van der Waals surface area contributed by atoms with Gasteiger partial charge in [0.25, 0.3) is 0 Å². The van der Waals surface area contributed by atoms with Gasteiger partial charge in [-0.1, -0.05) is 33.1 Å². The van der Waals surface area contributed by atoms with Gasteiger partial charge in [-0.2, -0.15) is 0 Å². The van der Waals surface area contributed by atoms with Crippen LogP contribution in [0.25, 0.3) is 0 Å². The molecular weight excluding hydrogens is 350 g/mol. The lowest BCUT2D eigenvalue weighted by Crippen LogP contribution is -2.45. The van der Waals surface area contributed by atoms with Crippen LogP contribution in [0.2, 0.25) is 0 Å². The van der Waals surface area contributed by atoms with Crippen molar-refractivity contribution >= 4 is 17.9 Å². The lowest BCUT2D eigenvalue weighted by molar-refractivity contribution is -0.204. The van der Waals surface area contributed by atoms with E-state index >= 15 is 0 Å². The van der Waals surface area contributed by atoms with Crippen LogP contribution in [0.1, 0.15) is 71.6 Å². The van der Waals surface area contributed by atoms with Gasteiger partial charge in [0, 0.05) is 5.92 Å². The third-order valence-electron chi connectivity index (χ3n) is 5.87. The maximum absolute atomic E-state index is 12.6. The monoisotopic (exact) mass is 383 g/mol. The molecule has 2 unspecified atom stereocenters. The number of hydrogen-bond donors (Lipinski definition) is 2. The molecule has 0 aromatic carbocycles. The minimum absolute atomic E-state index is 0.0142. The predicted octanol–water partition coefficient (Wildman–Crippen LogP) is 2.85. The van der Waals surface area contributed by atoms with Crippen molar-refractivity contribution in [1.29, 1.82) is 0 Å². The number of rotatable bonds is 7. The number of carboxylic acid groups (broad SMARTS) is 1. The molecule has 7 nitrogen and oxygen atoms in total. The second-order valence-electron chi connectivity index (χ2n) is 8.27. The molecule has 2 fully saturated rings. The molecule has 154 valence electrons. The summed E-state index contributed by atoms with van der Waals surface area (Å²) in [6, 6.07) is -0.816. The van der Waals surface area contributed by atoms with Gasteiger partial charge in [-0.3, -0.25) is 14.4 Å². The van der Waals surface area contributed by atoms with Crippen LogP contribution in [-0.4, -0.2) is 35.3 Å². The molecule has 3 N–H and O–H groups in total. The van der Waals surface area contributed by atoms with Gasteiger partial charge in [-0.05, 0) is 44.4 Å². The summed E-state index contributed by atoms with van der Waals surface area (Å²) in [7, 11) is 0. The highest BCUT2D eigenvalue weighted by molar-refractivity contribution is 5.77. The number of aliphatic carboxylic acids is 1. The highest BCUT2D eigenvalue weighted by Crippen LogP contribution is 2.32. The average Bonchev–Trinajstić information content (AvgIpc) is 2.67. The largest absolute Gasteiger partial charge is 0.481 e. The summed E-state index contributed by atoms with van der Waals surface area (Å²) in [6.45, 7) is 3.49. The molecule has 2 aliphatic carbocycles. The number of carbonyl (C=O) groups is 3. The first-order chi connectivity index (χ1) is 12.8. The van der Waals surface area contributed by atoms with E-state index in [1.54, 1.807) is 13.8 Å². The Labute approximate surface area is 161 Å². The summed E-state index contributed by atoms with van der Waals surface area (Å²) in [6.07, 6.45) is 6.28. The van der Waals surface area contributed by atoms with Crippen LogP contribution in [0.5, 0.6) is 0 Å². The topological polar surface area (TPSA) is 116 Å². The summed E-state index contributed by atoms with van der Waals surface area (Å²) in [5.74, 6) is -2.46. The van der Waals surface area contributed by atoms with Gasteiger partial charge in [0.05, 0.1) is 11.8 Å². The Morgan fingerprint density at radius 2 is 1.41 bits per heavy atom. The molecule has 2 saturated carbocycles. The fourth-order valence-corrected chi connectivity index (χ4v) is 3.98. The second-order valence-corrected chi connectivity index (χ2v) is 8.27. The number of hydrogen-bond acceptors (Lipinski definition) is 6. The molecule has 0 bridgehead atoms. The van der Waals surface area contributed by atoms with Gasteiger partial charge in [0.1, 0.15) is 6.04 Å². The minimum atomic E-state index is -0.880. The van der Waals surface area contributed by atoms with E-state index in [0.29, 0.717) is 25.7 Å². The normalized spacial score (nSPS) is 26.2. The maximum Gasteiger partial charge on any atom is 0.326 e. The Morgan fingerprint density at radius 3 is 1.93 bits per heavy atom. The molecule has 27 heavy (non-hydrogen) atoms. The maximum atomic E-state index is 12.6. The van der Waals surface area contributed by atoms with E-state index in [1.165, 1.54) is 0 Å². The molecule has 0 heterocycles. The number of esters is 2. The third-order valence-corrected chi connectivity index (χ3v) is 5.87. The molecular formula is C20H33NO6. The summed E-state index contributed by atoms with van der Waals surface area (Å²) in [4.78, 5) is 35.7. The Kier molecular flexibility index (Phi) is 8.07. The Balaban J connectivity index is 1.95. The highest BCUT2D eigenvalue weighted by Gasteiger charge is 2.36. The van der Waals surface area contributed by atoms with E-state index in [9.17, 15) is 14.4 Å². The summed E-state index contributed by atoms with van der Waals surface area (Å²) >= 11 is 0. The average molecular weight is 383 g/mol. The van der Waals surface area contributed by atoms with Gasteiger partial charge < -0.3 is 20.3 Å². The molecule has 0 aromatic heterocycles. The van der Waals surface area contributed by atoms with Crippen LogP contribution in [0, 0.1) is 23.7 Å². The van der Waals surface area contributed by atoms with Gasteiger partial charge in [-0.15, -0.1) is 0 Å². The molecule has 0 radical (unpaired) electrons. The molecule has 2 atom stereocenters. The van der Waals surface area contributed by atoms with Crippen molar-refractivity contribution in [2.75, 3.05) is 0 Å². The number of nitrogens with two attached hydrogens (primary N) is 1. The van der Waals surface area contributed by atoms with E-state index in [4.69, 9.17) is 20.3 Å². The van der Waals surface area contributed by atoms with Crippen LogP contribution in [0.3, 0.4) is 0 Å². The minimum Gasteiger partial charge on any atom is -0.481 e. The Morgan fingerprint density at radius 1 is 0.852 bits per heavy atom. The number of carboxylic acids is 1. The van der Waals surface area contributed by atoms with E-state index in [0.717, 1.165) is 32.1 Å². The molecule has 2 aliphatic rings. The molecule has 2 rings (SSSR count). The SMILES string of the molecule is CC(C)C(=O)OC(OC(=O)C(N)[C@H]1CC[C@H](C(=O)O)CC1)C1CCCCC1. The second kappa shape index (κ2) is 10.1. The predicted molar refractivity (Wildman–Crippen MR) is 98.4 cm³/mol. The lowest BCUT2D eigenvalue weighted by Gasteiger charge is -2.33. The van der Waals surface area contributed by atoms with Crippen LogP contribution in [-0.2, 0) is 23.9 Å². The first-order valence-corrected chi connectivity index (χ1v) is 10.2. The van der Waals surface area contributed by atoms with Gasteiger partial charge in [-0.25, -0.2) is 0 Å². The Bertz CT molecular complexity index is 521. The van der Waals surface area contributed by atoms with Crippen molar-refractivity contribution in [1.82, 2.24) is 0 Å². The van der Waals surface area contributed by atoms with Crippen LogP contribution in [0.4, 0.5) is 0 Å². The van der Waals surface area contributed by atoms with E-state index in [2.05, 4.69) is 0 Å². The fraction of sp³-hybridized carbons (Fsp3) is 0.850. The van der Waals surface area contributed by atoms with Crippen molar-refractivity contribution in [2.24, 2.45) is 29.4 Å². The van der Waals surface area contributed by atoms with Crippen molar-refractivity contribution < 1.29 is 29.0 Å². The molecule has 0 saturated heterocycles. The molecule has 0 spiro atoms. The summed E-state index contributed by atoms with van der Waals surface area (Å²) in [5, 5.41) is 9.09. The zero-order valence-electron chi connectivity index (χ0n) is 16.4.